The first-order chi connectivity index (χ1) is 7.00. The van der Waals surface area contributed by atoms with E-state index >= 15 is 0 Å². The summed E-state index contributed by atoms with van der Waals surface area (Å²) in [6, 6.07) is 0. The highest BCUT2D eigenvalue weighted by Crippen LogP contribution is 2.15. The summed E-state index contributed by atoms with van der Waals surface area (Å²) in [7, 11) is 1.93. The quantitative estimate of drug-likeness (QED) is 0.760. The molecule has 0 fully saturated rings. The van der Waals surface area contributed by atoms with Gasteiger partial charge in [-0.15, -0.1) is 0 Å². The first-order valence-corrected chi connectivity index (χ1v) is 4.99. The van der Waals surface area contributed by atoms with Crippen molar-refractivity contribution in [3.63, 3.8) is 0 Å². The van der Waals surface area contributed by atoms with Crippen LogP contribution in [0.5, 0.6) is 0 Å². The lowest BCUT2D eigenvalue weighted by Crippen LogP contribution is -2.24. The van der Waals surface area contributed by atoms with Gasteiger partial charge in [0.15, 0.2) is 0 Å². The van der Waals surface area contributed by atoms with Crippen molar-refractivity contribution in [1.82, 2.24) is 9.97 Å². The molecule has 1 unspecified atom stereocenters. The van der Waals surface area contributed by atoms with Crippen LogP contribution in [0.2, 0.25) is 0 Å². The maximum Gasteiger partial charge on any atom is 0.221 e. The Hall–Kier alpha value is -1.36. The summed E-state index contributed by atoms with van der Waals surface area (Å²) in [5.41, 5.74) is 6.51. The fourth-order valence-electron chi connectivity index (χ4n) is 1.32. The molecule has 1 aromatic heterocycles. The van der Waals surface area contributed by atoms with Gasteiger partial charge in [0.25, 0.3) is 0 Å². The molecule has 84 valence electrons. The number of aliphatic hydroxyl groups excluding tert-OH is 1. The van der Waals surface area contributed by atoms with E-state index in [1.807, 2.05) is 18.9 Å². The number of hydrogen-bond acceptors (Lipinski definition) is 5. The number of nitrogens with two attached hydrogens (primary N) is 1. The van der Waals surface area contributed by atoms with Crippen molar-refractivity contribution in [2.45, 2.75) is 26.4 Å². The van der Waals surface area contributed by atoms with Crippen LogP contribution in [0.15, 0.2) is 6.20 Å². The predicted molar refractivity (Wildman–Crippen MR) is 60.7 cm³/mol. The smallest absolute Gasteiger partial charge is 0.221 e. The lowest BCUT2D eigenvalue weighted by molar-refractivity contribution is 0.187. The second kappa shape index (κ2) is 4.93. The number of anilines is 2. The zero-order valence-corrected chi connectivity index (χ0v) is 9.44. The Morgan fingerprint density at radius 1 is 1.60 bits per heavy atom. The van der Waals surface area contributed by atoms with E-state index in [0.29, 0.717) is 6.42 Å². The van der Waals surface area contributed by atoms with Gasteiger partial charge in [-0.1, -0.05) is 0 Å². The van der Waals surface area contributed by atoms with Crippen molar-refractivity contribution < 1.29 is 5.11 Å². The summed E-state index contributed by atoms with van der Waals surface area (Å²) in [6.45, 7) is 4.46. The predicted octanol–water partition coefficient (Wildman–Crippen LogP) is 0.574. The van der Waals surface area contributed by atoms with Crippen LogP contribution in [0.3, 0.4) is 0 Å². The molecular formula is C10H18N4O. The molecule has 0 saturated heterocycles. The molecule has 0 spiro atoms. The van der Waals surface area contributed by atoms with Gasteiger partial charge in [0.2, 0.25) is 5.95 Å². The number of nitrogens with zero attached hydrogens (tertiary/aromatic N) is 3. The van der Waals surface area contributed by atoms with Crippen molar-refractivity contribution >= 4 is 11.8 Å². The van der Waals surface area contributed by atoms with E-state index in [1.54, 1.807) is 13.1 Å². The Kier molecular flexibility index (Phi) is 3.85. The second-order valence-corrected chi connectivity index (χ2v) is 3.79. The molecule has 0 saturated carbocycles. The lowest BCUT2D eigenvalue weighted by Gasteiger charge is -2.20. The molecule has 1 atom stereocenters. The van der Waals surface area contributed by atoms with Crippen LogP contribution in [0.25, 0.3) is 0 Å². The number of rotatable bonds is 4. The van der Waals surface area contributed by atoms with Gasteiger partial charge in [0.1, 0.15) is 5.82 Å². The van der Waals surface area contributed by atoms with E-state index in [0.717, 1.165) is 17.9 Å². The van der Waals surface area contributed by atoms with E-state index in [4.69, 9.17) is 5.73 Å². The van der Waals surface area contributed by atoms with Gasteiger partial charge in [0, 0.05) is 25.4 Å². The molecule has 0 aliphatic rings. The van der Waals surface area contributed by atoms with Crippen molar-refractivity contribution in [3.8, 4) is 0 Å². The van der Waals surface area contributed by atoms with Crippen LogP contribution in [0.1, 0.15) is 18.9 Å². The van der Waals surface area contributed by atoms with Crippen LogP contribution in [-0.4, -0.2) is 34.8 Å². The standard InChI is InChI=1S/C10H18N4O/c1-7-6-12-10(11)13-9(7)14(3)5-4-8(2)15/h6,8,15H,4-5H2,1-3H3,(H2,11,12,13). The van der Waals surface area contributed by atoms with Gasteiger partial charge in [-0.3, -0.25) is 0 Å². The number of aliphatic hydroxyl groups is 1. The van der Waals surface area contributed by atoms with Crippen LogP contribution < -0.4 is 10.6 Å². The Labute approximate surface area is 90.0 Å². The minimum atomic E-state index is -0.299. The molecule has 5 heteroatoms. The second-order valence-electron chi connectivity index (χ2n) is 3.79. The zero-order chi connectivity index (χ0) is 11.4. The van der Waals surface area contributed by atoms with Crippen molar-refractivity contribution in [2.24, 2.45) is 0 Å². The highest BCUT2D eigenvalue weighted by atomic mass is 16.3. The van der Waals surface area contributed by atoms with E-state index in [2.05, 4.69) is 9.97 Å². The number of aromatic nitrogens is 2. The Morgan fingerprint density at radius 2 is 2.27 bits per heavy atom. The molecule has 1 rings (SSSR count). The summed E-state index contributed by atoms with van der Waals surface area (Å²) in [5.74, 6) is 1.10. The van der Waals surface area contributed by atoms with Crippen LogP contribution in [0.4, 0.5) is 11.8 Å². The molecule has 0 bridgehead atoms. The third kappa shape index (κ3) is 3.36. The summed E-state index contributed by atoms with van der Waals surface area (Å²) in [5, 5.41) is 9.19. The fraction of sp³-hybridized carbons (Fsp3) is 0.600. The van der Waals surface area contributed by atoms with Crippen molar-refractivity contribution in [2.75, 3.05) is 24.2 Å². The van der Waals surface area contributed by atoms with Crippen molar-refractivity contribution in [1.29, 1.82) is 0 Å². The molecule has 0 aliphatic carbocycles. The minimum absolute atomic E-state index is 0.277. The maximum atomic E-state index is 9.19. The average molecular weight is 210 g/mol. The van der Waals surface area contributed by atoms with Gasteiger partial charge in [0.05, 0.1) is 6.10 Å². The average Bonchev–Trinajstić information content (AvgIpc) is 2.18. The maximum absolute atomic E-state index is 9.19. The zero-order valence-electron chi connectivity index (χ0n) is 9.44. The normalized spacial score (nSPS) is 12.5. The third-order valence-electron chi connectivity index (χ3n) is 2.21. The topological polar surface area (TPSA) is 75.3 Å². The molecule has 5 nitrogen and oxygen atoms in total. The van der Waals surface area contributed by atoms with Gasteiger partial charge in [-0.25, -0.2) is 4.98 Å². The number of nitrogen functional groups attached to an aromatic ring is 1. The molecule has 1 heterocycles. The molecule has 0 aromatic carbocycles. The van der Waals surface area contributed by atoms with Crippen LogP contribution in [0, 0.1) is 6.92 Å². The summed E-state index contributed by atoms with van der Waals surface area (Å²) < 4.78 is 0. The first-order valence-electron chi connectivity index (χ1n) is 4.99. The van der Waals surface area contributed by atoms with Gasteiger partial charge >= 0.3 is 0 Å². The van der Waals surface area contributed by atoms with Gasteiger partial charge in [-0.2, -0.15) is 4.98 Å². The Bertz CT molecular complexity index is 327. The van der Waals surface area contributed by atoms with E-state index in [-0.39, 0.29) is 12.1 Å². The summed E-state index contributed by atoms with van der Waals surface area (Å²) in [4.78, 5) is 10.0. The molecule has 1 aromatic rings. The highest BCUT2D eigenvalue weighted by Gasteiger charge is 2.08. The molecule has 0 amide bonds. The van der Waals surface area contributed by atoms with Gasteiger partial charge < -0.3 is 15.7 Å². The van der Waals surface area contributed by atoms with E-state index < -0.39 is 0 Å². The number of hydrogen-bond donors (Lipinski definition) is 2. The highest BCUT2D eigenvalue weighted by molar-refractivity contribution is 5.47. The Balaban J connectivity index is 2.72. The summed E-state index contributed by atoms with van der Waals surface area (Å²) >= 11 is 0. The lowest BCUT2D eigenvalue weighted by atomic mass is 10.2. The number of aryl methyl sites for hydroxylation is 1. The molecule has 15 heavy (non-hydrogen) atoms. The minimum Gasteiger partial charge on any atom is -0.393 e. The fourth-order valence-corrected chi connectivity index (χ4v) is 1.32. The van der Waals surface area contributed by atoms with Gasteiger partial charge in [-0.05, 0) is 20.3 Å². The summed E-state index contributed by atoms with van der Waals surface area (Å²) in [6.07, 6.45) is 2.11. The monoisotopic (exact) mass is 210 g/mol. The van der Waals surface area contributed by atoms with Crippen LogP contribution >= 0.6 is 0 Å². The Morgan fingerprint density at radius 3 is 2.87 bits per heavy atom. The van der Waals surface area contributed by atoms with E-state index in [9.17, 15) is 5.11 Å². The largest absolute Gasteiger partial charge is 0.393 e. The van der Waals surface area contributed by atoms with Crippen molar-refractivity contribution in [3.05, 3.63) is 11.8 Å². The third-order valence-corrected chi connectivity index (χ3v) is 2.21. The molecular weight excluding hydrogens is 192 g/mol. The molecule has 0 radical (unpaired) electrons. The van der Waals surface area contributed by atoms with E-state index in [1.165, 1.54) is 0 Å². The van der Waals surface area contributed by atoms with Crippen LogP contribution in [-0.2, 0) is 0 Å². The first kappa shape index (κ1) is 11.7. The molecule has 0 aliphatic heterocycles. The molecule has 3 N–H and O–H groups in total. The SMILES string of the molecule is Cc1cnc(N)nc1N(C)CCC(C)O.